The van der Waals surface area contributed by atoms with Crippen molar-refractivity contribution in [1.82, 2.24) is 20.8 Å². The van der Waals surface area contributed by atoms with Crippen LogP contribution in [-0.2, 0) is 4.79 Å². The highest BCUT2D eigenvalue weighted by molar-refractivity contribution is 5.95. The van der Waals surface area contributed by atoms with Crippen molar-refractivity contribution in [3.05, 3.63) is 35.7 Å². The van der Waals surface area contributed by atoms with Gasteiger partial charge in [-0.1, -0.05) is 17.3 Å². The van der Waals surface area contributed by atoms with Gasteiger partial charge in [-0.05, 0) is 37.8 Å². The third kappa shape index (κ3) is 5.39. The van der Waals surface area contributed by atoms with Crippen molar-refractivity contribution in [2.45, 2.75) is 44.8 Å². The summed E-state index contributed by atoms with van der Waals surface area (Å²) in [4.78, 5) is 29.2. The molecule has 0 aliphatic heterocycles. The molecule has 3 atom stereocenters. The minimum atomic E-state index is -0.705. The van der Waals surface area contributed by atoms with Crippen LogP contribution in [0.4, 0.5) is 0 Å². The van der Waals surface area contributed by atoms with E-state index in [9.17, 15) is 14.7 Å². The van der Waals surface area contributed by atoms with E-state index in [0.29, 0.717) is 55.1 Å². The lowest BCUT2D eigenvalue weighted by Crippen LogP contribution is -2.49. The zero-order valence-corrected chi connectivity index (χ0v) is 16.3. The third-order valence-electron chi connectivity index (χ3n) is 5.05. The standard InChI is InChI=1S/C20H26N4O5/c1-12-22-18(24-29-12)13-4-2-5-14(10-13)20(28)23-16-11-15(6-7-17(16)26)19(27)21-8-3-9-25/h2,4-5,10,15-17,25-26H,3,6-9,11H2,1H3,(H,21,27)(H,23,28)/t15-,16+,17+/m0/s1. The molecule has 4 N–H and O–H groups in total. The number of rotatable bonds is 7. The van der Waals surface area contributed by atoms with E-state index in [-0.39, 0.29) is 24.3 Å². The number of nitrogens with zero attached hydrogens (tertiary/aromatic N) is 2. The summed E-state index contributed by atoms with van der Waals surface area (Å²) >= 11 is 0. The molecule has 1 heterocycles. The molecule has 1 saturated carbocycles. The van der Waals surface area contributed by atoms with E-state index in [1.54, 1.807) is 31.2 Å². The van der Waals surface area contributed by atoms with Gasteiger partial charge >= 0.3 is 0 Å². The maximum absolute atomic E-state index is 12.7. The first kappa shape index (κ1) is 20.9. The SMILES string of the molecule is Cc1nc(-c2cccc(C(=O)N[C@@H]3C[C@@H](C(=O)NCCCO)CC[C@H]3O)c2)no1. The zero-order valence-electron chi connectivity index (χ0n) is 16.3. The predicted octanol–water partition coefficient (Wildman–Crippen LogP) is 0.803. The normalized spacial score (nSPS) is 21.6. The van der Waals surface area contributed by atoms with Gasteiger partial charge in [0.15, 0.2) is 0 Å². The van der Waals surface area contributed by atoms with Crippen molar-refractivity contribution in [2.75, 3.05) is 13.2 Å². The molecule has 1 aromatic heterocycles. The van der Waals surface area contributed by atoms with E-state index in [2.05, 4.69) is 20.8 Å². The number of amides is 2. The third-order valence-corrected chi connectivity index (χ3v) is 5.05. The van der Waals surface area contributed by atoms with Crippen LogP contribution in [0.3, 0.4) is 0 Å². The van der Waals surface area contributed by atoms with Crippen LogP contribution >= 0.6 is 0 Å². The molecule has 2 aromatic rings. The Morgan fingerprint density at radius 2 is 2.14 bits per heavy atom. The second-order valence-electron chi connectivity index (χ2n) is 7.24. The lowest BCUT2D eigenvalue weighted by molar-refractivity contribution is -0.127. The first-order valence-electron chi connectivity index (χ1n) is 9.76. The monoisotopic (exact) mass is 402 g/mol. The van der Waals surface area contributed by atoms with E-state index < -0.39 is 12.1 Å². The van der Waals surface area contributed by atoms with Crippen LogP contribution in [0.5, 0.6) is 0 Å². The summed E-state index contributed by atoms with van der Waals surface area (Å²) in [7, 11) is 0. The van der Waals surface area contributed by atoms with Crippen LogP contribution < -0.4 is 10.6 Å². The topological polar surface area (TPSA) is 138 Å². The molecule has 0 radical (unpaired) electrons. The van der Waals surface area contributed by atoms with Gasteiger partial charge in [-0.3, -0.25) is 9.59 Å². The summed E-state index contributed by atoms with van der Waals surface area (Å²) in [6.45, 7) is 2.12. The molecule has 9 nitrogen and oxygen atoms in total. The Labute approximate surface area is 168 Å². The van der Waals surface area contributed by atoms with Gasteiger partial charge in [0.2, 0.25) is 17.6 Å². The summed E-state index contributed by atoms with van der Waals surface area (Å²) in [6, 6.07) is 6.32. The van der Waals surface area contributed by atoms with Gasteiger partial charge in [0, 0.05) is 37.1 Å². The summed E-state index contributed by atoms with van der Waals surface area (Å²) in [5.41, 5.74) is 1.06. The molecule has 1 aliphatic carbocycles. The summed E-state index contributed by atoms with van der Waals surface area (Å²) < 4.78 is 4.98. The van der Waals surface area contributed by atoms with Gasteiger partial charge in [0.25, 0.3) is 5.91 Å². The number of hydrogen-bond acceptors (Lipinski definition) is 7. The number of hydrogen-bond donors (Lipinski definition) is 4. The highest BCUT2D eigenvalue weighted by Gasteiger charge is 2.33. The molecule has 1 aliphatic rings. The number of aliphatic hydroxyl groups is 2. The first-order chi connectivity index (χ1) is 14.0. The van der Waals surface area contributed by atoms with E-state index in [1.165, 1.54) is 0 Å². The fourth-order valence-corrected chi connectivity index (χ4v) is 3.45. The van der Waals surface area contributed by atoms with Crippen molar-refractivity contribution in [2.24, 2.45) is 5.92 Å². The quantitative estimate of drug-likeness (QED) is 0.503. The van der Waals surface area contributed by atoms with Gasteiger partial charge < -0.3 is 25.4 Å². The summed E-state index contributed by atoms with van der Waals surface area (Å²) in [5, 5.41) is 28.6. The molecular weight excluding hydrogens is 376 g/mol. The molecular formula is C20H26N4O5. The fourth-order valence-electron chi connectivity index (χ4n) is 3.45. The molecule has 9 heteroatoms. The minimum absolute atomic E-state index is 0.0187. The molecule has 0 bridgehead atoms. The van der Waals surface area contributed by atoms with E-state index in [4.69, 9.17) is 9.63 Å². The van der Waals surface area contributed by atoms with Gasteiger partial charge in [-0.2, -0.15) is 4.98 Å². The highest BCUT2D eigenvalue weighted by atomic mass is 16.5. The second-order valence-corrected chi connectivity index (χ2v) is 7.24. The molecule has 1 aromatic carbocycles. The molecule has 29 heavy (non-hydrogen) atoms. The number of nitrogens with one attached hydrogen (secondary N) is 2. The van der Waals surface area contributed by atoms with Crippen LogP contribution in [0.25, 0.3) is 11.4 Å². The molecule has 1 fully saturated rings. The molecule has 3 rings (SSSR count). The van der Waals surface area contributed by atoms with E-state index in [0.717, 1.165) is 0 Å². The van der Waals surface area contributed by atoms with Crippen molar-refractivity contribution in [3.63, 3.8) is 0 Å². The van der Waals surface area contributed by atoms with Gasteiger partial charge in [0.05, 0.1) is 12.1 Å². The molecule has 0 spiro atoms. The maximum atomic E-state index is 12.7. The number of carbonyl (C=O) groups is 2. The van der Waals surface area contributed by atoms with Crippen molar-refractivity contribution in [1.29, 1.82) is 0 Å². The minimum Gasteiger partial charge on any atom is -0.396 e. The number of aliphatic hydroxyl groups excluding tert-OH is 2. The van der Waals surface area contributed by atoms with Crippen molar-refractivity contribution < 1.29 is 24.3 Å². The average Bonchev–Trinajstić information content (AvgIpc) is 3.16. The van der Waals surface area contributed by atoms with Crippen LogP contribution in [0, 0.1) is 12.8 Å². The predicted molar refractivity (Wildman–Crippen MR) is 104 cm³/mol. The van der Waals surface area contributed by atoms with Crippen LogP contribution in [-0.4, -0.2) is 57.5 Å². The highest BCUT2D eigenvalue weighted by Crippen LogP contribution is 2.26. The lowest BCUT2D eigenvalue weighted by atomic mass is 9.83. The van der Waals surface area contributed by atoms with Crippen LogP contribution in [0.2, 0.25) is 0 Å². The number of carbonyl (C=O) groups excluding carboxylic acids is 2. The maximum Gasteiger partial charge on any atom is 0.251 e. The molecule has 0 saturated heterocycles. The number of benzene rings is 1. The Morgan fingerprint density at radius 1 is 1.31 bits per heavy atom. The number of aromatic nitrogens is 2. The van der Waals surface area contributed by atoms with Gasteiger partial charge in [-0.25, -0.2) is 0 Å². The lowest BCUT2D eigenvalue weighted by Gasteiger charge is -2.33. The summed E-state index contributed by atoms with van der Waals surface area (Å²) in [5.74, 6) is 0.102. The Balaban J connectivity index is 1.63. The zero-order chi connectivity index (χ0) is 20.8. The Bertz CT molecular complexity index is 853. The fraction of sp³-hybridized carbons (Fsp3) is 0.500. The number of aryl methyl sites for hydroxylation is 1. The smallest absolute Gasteiger partial charge is 0.251 e. The van der Waals surface area contributed by atoms with Gasteiger partial charge in [-0.15, -0.1) is 0 Å². The Kier molecular flexibility index (Phi) is 6.95. The Morgan fingerprint density at radius 3 is 2.86 bits per heavy atom. The van der Waals surface area contributed by atoms with E-state index in [1.807, 2.05) is 0 Å². The van der Waals surface area contributed by atoms with Crippen LogP contribution in [0.1, 0.15) is 41.9 Å². The summed E-state index contributed by atoms with van der Waals surface area (Å²) in [6.07, 6.45) is 1.15. The molecule has 0 unspecified atom stereocenters. The molecule has 156 valence electrons. The van der Waals surface area contributed by atoms with Gasteiger partial charge in [0.1, 0.15) is 0 Å². The average molecular weight is 402 g/mol. The first-order valence-corrected chi connectivity index (χ1v) is 9.76. The Hall–Kier alpha value is -2.78. The van der Waals surface area contributed by atoms with Crippen LogP contribution in [0.15, 0.2) is 28.8 Å². The van der Waals surface area contributed by atoms with Crippen molar-refractivity contribution in [3.8, 4) is 11.4 Å². The largest absolute Gasteiger partial charge is 0.396 e. The molecule has 2 amide bonds. The van der Waals surface area contributed by atoms with Crippen molar-refractivity contribution >= 4 is 11.8 Å². The second kappa shape index (κ2) is 9.62. The van der Waals surface area contributed by atoms with E-state index >= 15 is 0 Å².